The van der Waals surface area contributed by atoms with Crippen LogP contribution in [0, 0.1) is 6.92 Å². The van der Waals surface area contributed by atoms with Crippen LogP contribution in [-0.4, -0.2) is 24.0 Å². The molecule has 1 saturated heterocycles. The summed E-state index contributed by atoms with van der Waals surface area (Å²) < 4.78 is 0. The zero-order valence-corrected chi connectivity index (χ0v) is 11.4. The second-order valence-corrected chi connectivity index (χ2v) is 5.74. The van der Waals surface area contributed by atoms with Gasteiger partial charge in [-0.3, -0.25) is 4.90 Å². The standard InChI is InChI=1S/C12H20N2S.ClH/c1-10-5-6-12(15-10)9-14-7-3-2-4-11(14)8-13;/h5-6,11H,2-4,7-9,13H2,1H3;1H. The molecule has 1 aromatic heterocycles. The number of nitrogens with two attached hydrogens (primary N) is 1. The first-order valence-electron chi connectivity index (χ1n) is 5.79. The van der Waals surface area contributed by atoms with Gasteiger partial charge in [-0.1, -0.05) is 6.42 Å². The molecular formula is C12H21ClN2S. The molecular weight excluding hydrogens is 240 g/mol. The van der Waals surface area contributed by atoms with Gasteiger partial charge in [0.25, 0.3) is 0 Å². The molecule has 16 heavy (non-hydrogen) atoms. The number of thiophene rings is 1. The summed E-state index contributed by atoms with van der Waals surface area (Å²) in [5.41, 5.74) is 5.81. The first-order chi connectivity index (χ1) is 7.29. The van der Waals surface area contributed by atoms with Gasteiger partial charge in [-0.05, 0) is 38.4 Å². The van der Waals surface area contributed by atoms with Crippen LogP contribution < -0.4 is 5.73 Å². The minimum atomic E-state index is 0. The largest absolute Gasteiger partial charge is 0.329 e. The summed E-state index contributed by atoms with van der Waals surface area (Å²) in [6.45, 7) is 5.30. The van der Waals surface area contributed by atoms with Gasteiger partial charge in [0.1, 0.15) is 0 Å². The Kier molecular flexibility index (Phi) is 5.76. The van der Waals surface area contributed by atoms with E-state index in [0.717, 1.165) is 13.1 Å². The van der Waals surface area contributed by atoms with Gasteiger partial charge < -0.3 is 5.73 Å². The van der Waals surface area contributed by atoms with Crippen molar-refractivity contribution in [2.75, 3.05) is 13.1 Å². The van der Waals surface area contributed by atoms with Gasteiger partial charge in [0, 0.05) is 28.9 Å². The molecule has 0 spiro atoms. The molecule has 0 aliphatic carbocycles. The fraction of sp³-hybridized carbons (Fsp3) is 0.667. The molecule has 0 radical (unpaired) electrons. The number of hydrogen-bond donors (Lipinski definition) is 1. The Morgan fingerprint density at radius 3 is 2.88 bits per heavy atom. The summed E-state index contributed by atoms with van der Waals surface area (Å²) in [5, 5.41) is 0. The van der Waals surface area contributed by atoms with E-state index >= 15 is 0 Å². The van der Waals surface area contributed by atoms with E-state index in [1.54, 1.807) is 0 Å². The van der Waals surface area contributed by atoms with Gasteiger partial charge in [0.2, 0.25) is 0 Å². The van der Waals surface area contributed by atoms with Crippen LogP contribution in [-0.2, 0) is 6.54 Å². The molecule has 1 fully saturated rings. The third kappa shape index (κ3) is 3.45. The van der Waals surface area contributed by atoms with E-state index in [1.807, 2.05) is 11.3 Å². The number of likely N-dealkylation sites (tertiary alicyclic amines) is 1. The van der Waals surface area contributed by atoms with Crippen LogP contribution >= 0.6 is 23.7 Å². The molecule has 0 saturated carbocycles. The molecule has 1 aliphatic heterocycles. The molecule has 2 nitrogen and oxygen atoms in total. The third-order valence-corrected chi connectivity index (χ3v) is 4.16. The predicted octanol–water partition coefficient (Wildman–Crippen LogP) is 2.79. The fourth-order valence-corrected chi connectivity index (χ4v) is 3.22. The SMILES string of the molecule is Cc1ccc(CN2CCCCC2CN)s1.Cl. The molecule has 4 heteroatoms. The smallest absolute Gasteiger partial charge is 0.0331 e. The van der Waals surface area contributed by atoms with Gasteiger partial charge in [0.15, 0.2) is 0 Å². The Balaban J connectivity index is 0.00000128. The number of piperidine rings is 1. The van der Waals surface area contributed by atoms with Crippen molar-refractivity contribution in [1.29, 1.82) is 0 Å². The van der Waals surface area contributed by atoms with Crippen LogP contribution in [0.1, 0.15) is 29.0 Å². The summed E-state index contributed by atoms with van der Waals surface area (Å²) in [5.74, 6) is 0. The first kappa shape index (κ1) is 14.0. The van der Waals surface area contributed by atoms with Crippen LogP contribution in [0.25, 0.3) is 0 Å². The van der Waals surface area contributed by atoms with Crippen molar-refractivity contribution in [2.24, 2.45) is 5.73 Å². The van der Waals surface area contributed by atoms with E-state index in [2.05, 4.69) is 24.0 Å². The summed E-state index contributed by atoms with van der Waals surface area (Å²) in [7, 11) is 0. The van der Waals surface area contributed by atoms with Crippen LogP contribution in [0.4, 0.5) is 0 Å². The Bertz CT molecular complexity index is 314. The molecule has 0 aromatic carbocycles. The quantitative estimate of drug-likeness (QED) is 0.906. The number of nitrogens with zero attached hydrogens (tertiary/aromatic N) is 1. The van der Waals surface area contributed by atoms with Crippen molar-refractivity contribution >= 4 is 23.7 Å². The van der Waals surface area contributed by atoms with E-state index in [4.69, 9.17) is 5.73 Å². The molecule has 0 amide bonds. The summed E-state index contributed by atoms with van der Waals surface area (Å²) in [6.07, 6.45) is 3.96. The topological polar surface area (TPSA) is 29.3 Å². The highest BCUT2D eigenvalue weighted by atomic mass is 35.5. The molecule has 1 atom stereocenters. The molecule has 2 rings (SSSR count). The van der Waals surface area contributed by atoms with E-state index in [9.17, 15) is 0 Å². The average molecular weight is 261 g/mol. The maximum atomic E-state index is 5.81. The number of halogens is 1. The van der Waals surface area contributed by atoms with E-state index in [0.29, 0.717) is 6.04 Å². The minimum absolute atomic E-state index is 0. The molecule has 1 aromatic rings. The normalized spacial score (nSPS) is 21.8. The lowest BCUT2D eigenvalue weighted by molar-refractivity contribution is 0.146. The Morgan fingerprint density at radius 2 is 2.25 bits per heavy atom. The zero-order valence-electron chi connectivity index (χ0n) is 9.82. The number of rotatable bonds is 3. The second kappa shape index (κ2) is 6.60. The van der Waals surface area contributed by atoms with Crippen molar-refractivity contribution in [3.8, 4) is 0 Å². The Morgan fingerprint density at radius 1 is 1.44 bits per heavy atom. The predicted molar refractivity (Wildman–Crippen MR) is 73.4 cm³/mol. The van der Waals surface area contributed by atoms with Crippen molar-refractivity contribution in [2.45, 2.75) is 38.8 Å². The molecule has 92 valence electrons. The maximum absolute atomic E-state index is 5.81. The van der Waals surface area contributed by atoms with Crippen LogP contribution in [0.2, 0.25) is 0 Å². The number of aryl methyl sites for hydroxylation is 1. The molecule has 0 bridgehead atoms. The lowest BCUT2D eigenvalue weighted by atomic mass is 10.0. The van der Waals surface area contributed by atoms with Crippen molar-refractivity contribution in [3.05, 3.63) is 21.9 Å². The lowest BCUT2D eigenvalue weighted by Crippen LogP contribution is -2.43. The highest BCUT2D eigenvalue weighted by molar-refractivity contribution is 7.11. The zero-order chi connectivity index (χ0) is 10.7. The molecule has 1 unspecified atom stereocenters. The van der Waals surface area contributed by atoms with Crippen molar-refractivity contribution in [1.82, 2.24) is 4.90 Å². The number of hydrogen-bond acceptors (Lipinski definition) is 3. The maximum Gasteiger partial charge on any atom is 0.0331 e. The van der Waals surface area contributed by atoms with Gasteiger partial charge in [-0.15, -0.1) is 23.7 Å². The van der Waals surface area contributed by atoms with Gasteiger partial charge in [-0.2, -0.15) is 0 Å². The highest BCUT2D eigenvalue weighted by Gasteiger charge is 2.21. The summed E-state index contributed by atoms with van der Waals surface area (Å²) >= 11 is 1.91. The van der Waals surface area contributed by atoms with E-state index in [1.165, 1.54) is 35.6 Å². The van der Waals surface area contributed by atoms with Crippen molar-refractivity contribution in [3.63, 3.8) is 0 Å². The fourth-order valence-electron chi connectivity index (χ4n) is 2.31. The van der Waals surface area contributed by atoms with E-state index in [-0.39, 0.29) is 12.4 Å². The van der Waals surface area contributed by atoms with Gasteiger partial charge >= 0.3 is 0 Å². The Labute approximate surface area is 108 Å². The van der Waals surface area contributed by atoms with E-state index < -0.39 is 0 Å². The first-order valence-corrected chi connectivity index (χ1v) is 6.60. The minimum Gasteiger partial charge on any atom is -0.329 e. The Hall–Kier alpha value is -0.0900. The molecule has 2 N–H and O–H groups in total. The second-order valence-electron chi connectivity index (χ2n) is 4.37. The third-order valence-electron chi connectivity index (χ3n) is 3.18. The van der Waals surface area contributed by atoms with Crippen LogP contribution in [0.5, 0.6) is 0 Å². The van der Waals surface area contributed by atoms with Gasteiger partial charge in [0.05, 0.1) is 0 Å². The van der Waals surface area contributed by atoms with Gasteiger partial charge in [-0.25, -0.2) is 0 Å². The molecule has 2 heterocycles. The highest BCUT2D eigenvalue weighted by Crippen LogP contribution is 2.22. The summed E-state index contributed by atoms with van der Waals surface area (Å²) in [4.78, 5) is 5.44. The van der Waals surface area contributed by atoms with Crippen LogP contribution in [0.3, 0.4) is 0 Å². The summed E-state index contributed by atoms with van der Waals surface area (Å²) in [6, 6.07) is 5.07. The van der Waals surface area contributed by atoms with Crippen LogP contribution in [0.15, 0.2) is 12.1 Å². The molecule has 1 aliphatic rings. The van der Waals surface area contributed by atoms with Crippen molar-refractivity contribution < 1.29 is 0 Å². The lowest BCUT2D eigenvalue weighted by Gasteiger charge is -2.34. The average Bonchev–Trinajstić information content (AvgIpc) is 2.65. The monoisotopic (exact) mass is 260 g/mol.